The summed E-state index contributed by atoms with van der Waals surface area (Å²) in [6.45, 7) is -0.185. The van der Waals surface area contributed by atoms with Gasteiger partial charge in [0.2, 0.25) is 0 Å². The Kier molecular flexibility index (Phi) is 4.69. The van der Waals surface area contributed by atoms with Gasteiger partial charge in [-0.1, -0.05) is 18.2 Å². The first kappa shape index (κ1) is 20.2. The van der Waals surface area contributed by atoms with E-state index in [1.807, 2.05) is 12.1 Å². The smallest absolute Gasteiger partial charge is 0.292 e. The fourth-order valence-electron chi connectivity index (χ4n) is 4.06. The van der Waals surface area contributed by atoms with E-state index < -0.39 is 17.3 Å². The minimum Gasteiger partial charge on any atom is -0.292 e. The Balaban J connectivity index is 1.47. The summed E-state index contributed by atoms with van der Waals surface area (Å²) in [6, 6.07) is 10.2. The predicted octanol–water partition coefficient (Wildman–Crippen LogP) is 3.97. The second kappa shape index (κ2) is 7.44. The molecule has 0 aliphatic heterocycles. The second-order valence-electron chi connectivity index (χ2n) is 7.78. The van der Waals surface area contributed by atoms with Crippen molar-refractivity contribution in [3.63, 3.8) is 0 Å². The zero-order valence-electron chi connectivity index (χ0n) is 16.8. The number of ketones is 1. The Bertz CT molecular complexity index is 1420. The highest BCUT2D eigenvalue weighted by atomic mass is 19.4. The average molecular weight is 438 g/mol. The molecular formula is C23H17F3N4O2. The molecule has 5 rings (SSSR count). The van der Waals surface area contributed by atoms with Crippen molar-refractivity contribution in [1.29, 1.82) is 0 Å². The molecule has 1 aliphatic rings. The van der Waals surface area contributed by atoms with Crippen LogP contribution in [0.3, 0.4) is 0 Å². The van der Waals surface area contributed by atoms with Gasteiger partial charge in [0.05, 0.1) is 24.0 Å². The summed E-state index contributed by atoms with van der Waals surface area (Å²) in [6.07, 6.45) is 1.00. The molecule has 0 saturated carbocycles. The molecule has 0 saturated heterocycles. The first-order valence-electron chi connectivity index (χ1n) is 10.1. The summed E-state index contributed by atoms with van der Waals surface area (Å²) in [5.41, 5.74) is 1.90. The predicted molar refractivity (Wildman–Crippen MR) is 111 cm³/mol. The van der Waals surface area contributed by atoms with Gasteiger partial charge in [-0.3, -0.25) is 14.2 Å². The molecule has 0 N–H and O–H groups in total. The molecule has 0 fully saturated rings. The number of rotatable bonds is 4. The summed E-state index contributed by atoms with van der Waals surface area (Å²) in [5, 5.41) is 4.17. The van der Waals surface area contributed by atoms with Crippen LogP contribution in [0.1, 0.15) is 33.5 Å². The zero-order chi connectivity index (χ0) is 22.5. The quantitative estimate of drug-likeness (QED) is 0.452. The van der Waals surface area contributed by atoms with Gasteiger partial charge in [-0.05, 0) is 54.7 Å². The van der Waals surface area contributed by atoms with Crippen LogP contribution >= 0.6 is 0 Å². The van der Waals surface area contributed by atoms with Crippen LogP contribution in [0.2, 0.25) is 0 Å². The highest BCUT2D eigenvalue weighted by Crippen LogP contribution is 2.30. The maximum Gasteiger partial charge on any atom is 0.416 e. The van der Waals surface area contributed by atoms with Crippen LogP contribution in [0.4, 0.5) is 13.2 Å². The van der Waals surface area contributed by atoms with Gasteiger partial charge in [0.25, 0.3) is 5.56 Å². The van der Waals surface area contributed by atoms with Crippen LogP contribution in [-0.2, 0) is 25.6 Å². The first-order chi connectivity index (χ1) is 15.3. The fraction of sp³-hybridized carbons (Fsp3) is 0.217. The van der Waals surface area contributed by atoms with Crippen molar-refractivity contribution in [1.82, 2.24) is 19.3 Å². The SMILES string of the molecule is O=C(Cn1cnc2c(cnn2-c2cccc(C(F)(F)F)c2)c1=O)c1ccc2c(c1)CCC2. The van der Waals surface area contributed by atoms with E-state index in [0.717, 1.165) is 31.4 Å². The molecule has 0 unspecified atom stereocenters. The maximum atomic E-state index is 13.0. The highest BCUT2D eigenvalue weighted by Gasteiger charge is 2.30. The van der Waals surface area contributed by atoms with Crippen molar-refractivity contribution in [3.8, 4) is 5.69 Å². The van der Waals surface area contributed by atoms with Gasteiger partial charge in [-0.2, -0.15) is 18.3 Å². The van der Waals surface area contributed by atoms with Gasteiger partial charge in [0.15, 0.2) is 11.4 Å². The number of aromatic nitrogens is 4. The summed E-state index contributed by atoms with van der Waals surface area (Å²) in [5.74, 6) is -0.215. The lowest BCUT2D eigenvalue weighted by atomic mass is 10.0. The molecule has 9 heteroatoms. The number of aryl methyl sites for hydroxylation is 2. The van der Waals surface area contributed by atoms with E-state index in [1.54, 1.807) is 6.07 Å². The fourth-order valence-corrected chi connectivity index (χ4v) is 4.06. The number of carbonyl (C=O) groups excluding carboxylic acids is 1. The van der Waals surface area contributed by atoms with E-state index in [9.17, 15) is 22.8 Å². The average Bonchev–Trinajstić information content (AvgIpc) is 3.42. The van der Waals surface area contributed by atoms with E-state index in [2.05, 4.69) is 10.1 Å². The topological polar surface area (TPSA) is 69.8 Å². The summed E-state index contributed by atoms with van der Waals surface area (Å²) >= 11 is 0. The van der Waals surface area contributed by atoms with Crippen LogP contribution in [-0.4, -0.2) is 25.1 Å². The molecule has 0 atom stereocenters. The Morgan fingerprint density at radius 1 is 1.06 bits per heavy atom. The van der Waals surface area contributed by atoms with Crippen molar-refractivity contribution < 1.29 is 18.0 Å². The van der Waals surface area contributed by atoms with Gasteiger partial charge in [0.1, 0.15) is 11.7 Å². The number of hydrogen-bond donors (Lipinski definition) is 0. The Morgan fingerprint density at radius 3 is 2.69 bits per heavy atom. The van der Waals surface area contributed by atoms with Crippen molar-refractivity contribution >= 4 is 16.8 Å². The largest absolute Gasteiger partial charge is 0.416 e. The number of benzene rings is 2. The molecule has 2 aromatic heterocycles. The van der Waals surface area contributed by atoms with E-state index in [-0.39, 0.29) is 29.0 Å². The third-order valence-corrected chi connectivity index (χ3v) is 5.71. The number of nitrogens with zero attached hydrogens (tertiary/aromatic N) is 4. The van der Waals surface area contributed by atoms with E-state index in [0.29, 0.717) is 5.56 Å². The number of fused-ring (bicyclic) bond motifs is 2. The Morgan fingerprint density at radius 2 is 1.88 bits per heavy atom. The van der Waals surface area contributed by atoms with Gasteiger partial charge in [-0.15, -0.1) is 0 Å². The lowest BCUT2D eigenvalue weighted by molar-refractivity contribution is -0.137. The highest BCUT2D eigenvalue weighted by molar-refractivity contribution is 5.96. The molecule has 2 heterocycles. The monoisotopic (exact) mass is 438 g/mol. The number of Topliss-reactive ketones (excluding diaryl/α,β-unsaturated/α-hetero) is 1. The van der Waals surface area contributed by atoms with Gasteiger partial charge >= 0.3 is 6.18 Å². The van der Waals surface area contributed by atoms with Gasteiger partial charge < -0.3 is 0 Å². The standard InChI is InChI=1S/C23H17F3N4O2/c24-23(25,26)17-5-2-6-18(10-17)30-21-19(11-28-30)22(32)29(13-27-21)12-20(31)16-8-7-14-3-1-4-15(14)9-16/h2,5-11,13H,1,3-4,12H2. The summed E-state index contributed by atoms with van der Waals surface area (Å²) < 4.78 is 41.5. The zero-order valence-corrected chi connectivity index (χ0v) is 16.8. The van der Waals surface area contributed by atoms with Crippen LogP contribution in [0.15, 0.2) is 59.8 Å². The lowest BCUT2D eigenvalue weighted by Gasteiger charge is -2.09. The van der Waals surface area contributed by atoms with Crippen molar-refractivity contribution in [2.45, 2.75) is 32.0 Å². The van der Waals surface area contributed by atoms with Crippen molar-refractivity contribution in [3.05, 3.63) is 87.6 Å². The summed E-state index contributed by atoms with van der Waals surface area (Å²) in [4.78, 5) is 29.8. The lowest BCUT2D eigenvalue weighted by Crippen LogP contribution is -2.24. The Hall–Kier alpha value is -3.75. The molecule has 2 aromatic carbocycles. The minimum atomic E-state index is -4.50. The third kappa shape index (κ3) is 3.49. The normalized spacial score (nSPS) is 13.5. The summed E-state index contributed by atoms with van der Waals surface area (Å²) in [7, 11) is 0. The van der Waals surface area contributed by atoms with Crippen LogP contribution < -0.4 is 5.56 Å². The molecule has 0 amide bonds. The number of halogens is 3. The maximum absolute atomic E-state index is 13.0. The molecule has 4 aromatic rings. The molecule has 6 nitrogen and oxygen atoms in total. The number of alkyl halides is 3. The first-order valence-corrected chi connectivity index (χ1v) is 10.1. The van der Waals surface area contributed by atoms with Crippen molar-refractivity contribution in [2.24, 2.45) is 0 Å². The Labute approximate surface area is 179 Å². The molecule has 32 heavy (non-hydrogen) atoms. The van der Waals surface area contributed by atoms with Crippen molar-refractivity contribution in [2.75, 3.05) is 0 Å². The van der Waals surface area contributed by atoms with E-state index >= 15 is 0 Å². The van der Waals surface area contributed by atoms with Crippen LogP contribution in [0, 0.1) is 0 Å². The number of hydrogen-bond acceptors (Lipinski definition) is 4. The van der Waals surface area contributed by atoms with Gasteiger partial charge in [-0.25, -0.2) is 9.67 Å². The molecule has 1 aliphatic carbocycles. The molecular weight excluding hydrogens is 421 g/mol. The van der Waals surface area contributed by atoms with Crippen LogP contribution in [0.25, 0.3) is 16.7 Å². The molecule has 162 valence electrons. The van der Waals surface area contributed by atoms with E-state index in [4.69, 9.17) is 0 Å². The van der Waals surface area contributed by atoms with E-state index in [1.165, 1.54) is 45.0 Å². The third-order valence-electron chi connectivity index (χ3n) is 5.71. The molecule has 0 radical (unpaired) electrons. The number of carbonyl (C=O) groups is 1. The molecule has 0 spiro atoms. The molecule has 0 bridgehead atoms. The second-order valence-corrected chi connectivity index (χ2v) is 7.78. The van der Waals surface area contributed by atoms with Gasteiger partial charge in [0, 0.05) is 5.56 Å². The minimum absolute atomic E-state index is 0.117. The van der Waals surface area contributed by atoms with Crippen LogP contribution in [0.5, 0.6) is 0 Å².